The molecule has 3 nitrogen and oxygen atoms in total. The number of ether oxygens (including phenoxy) is 1. The fraction of sp³-hybridized carbons (Fsp3) is 0.500. The minimum atomic E-state index is 0.268. The quantitative estimate of drug-likeness (QED) is 0.572. The Kier molecular flexibility index (Phi) is 6.04. The minimum Gasteiger partial charge on any atom is -0.492 e. The van der Waals surface area contributed by atoms with Crippen LogP contribution in [0.5, 0.6) is 5.75 Å². The van der Waals surface area contributed by atoms with Gasteiger partial charge in [0.25, 0.3) is 0 Å². The molecule has 0 fully saturated rings. The van der Waals surface area contributed by atoms with E-state index < -0.39 is 0 Å². The molecule has 0 amide bonds. The van der Waals surface area contributed by atoms with Crippen LogP contribution in [0.15, 0.2) is 18.2 Å². The molecule has 1 aromatic carbocycles. The lowest BCUT2D eigenvalue weighted by Crippen LogP contribution is -1.98. The van der Waals surface area contributed by atoms with Gasteiger partial charge in [0.15, 0.2) is 0 Å². The monoisotopic (exact) mass is 243 g/mol. The molecule has 0 saturated heterocycles. The van der Waals surface area contributed by atoms with Gasteiger partial charge in [-0.05, 0) is 37.5 Å². The van der Waals surface area contributed by atoms with Crippen LogP contribution in [0.4, 0.5) is 5.69 Å². The maximum Gasteiger partial charge on any atom is 0.138 e. The molecule has 90 valence electrons. The Labute approximate surface area is 101 Å². The van der Waals surface area contributed by atoms with Gasteiger partial charge in [-0.1, -0.05) is 18.0 Å². The molecule has 0 saturated carbocycles. The molecule has 1 rings (SSSR count). The molecular weight excluding hydrogens is 226 g/mol. The summed E-state index contributed by atoms with van der Waals surface area (Å²) in [4.78, 5) is 0. The van der Waals surface area contributed by atoms with Crippen molar-refractivity contribution in [2.24, 2.45) is 0 Å². The molecule has 0 heterocycles. The molecule has 0 atom stereocenters. The topological polar surface area (TPSA) is 55.5 Å². The van der Waals surface area contributed by atoms with Crippen LogP contribution in [-0.4, -0.2) is 18.3 Å². The Balaban J connectivity index is 2.21. The van der Waals surface area contributed by atoms with Gasteiger partial charge < -0.3 is 15.6 Å². The number of unbranched alkanes of at least 4 members (excludes halogenated alkanes) is 3. The smallest absolute Gasteiger partial charge is 0.138 e. The van der Waals surface area contributed by atoms with E-state index in [2.05, 4.69) is 0 Å². The van der Waals surface area contributed by atoms with Gasteiger partial charge in [0.05, 0.1) is 11.6 Å². The third-order valence-electron chi connectivity index (χ3n) is 2.27. The molecule has 0 aromatic heterocycles. The Morgan fingerprint density at radius 3 is 2.62 bits per heavy atom. The second-order valence-electron chi connectivity index (χ2n) is 3.68. The van der Waals surface area contributed by atoms with E-state index in [1.165, 1.54) is 0 Å². The van der Waals surface area contributed by atoms with Crippen LogP contribution in [0.25, 0.3) is 0 Å². The van der Waals surface area contributed by atoms with Crippen LogP contribution in [0.2, 0.25) is 5.02 Å². The van der Waals surface area contributed by atoms with Crippen molar-refractivity contribution in [3.8, 4) is 5.75 Å². The summed E-state index contributed by atoms with van der Waals surface area (Å²) >= 11 is 5.95. The van der Waals surface area contributed by atoms with Gasteiger partial charge in [0.2, 0.25) is 0 Å². The third kappa shape index (κ3) is 4.73. The number of benzene rings is 1. The summed E-state index contributed by atoms with van der Waals surface area (Å²) in [5.74, 6) is 0.679. The zero-order valence-corrected chi connectivity index (χ0v) is 10.0. The third-order valence-corrected chi connectivity index (χ3v) is 2.56. The first-order valence-corrected chi connectivity index (χ1v) is 5.90. The van der Waals surface area contributed by atoms with Crippen LogP contribution in [0, 0.1) is 0 Å². The van der Waals surface area contributed by atoms with Crippen LogP contribution in [0.3, 0.4) is 0 Å². The summed E-state index contributed by atoms with van der Waals surface area (Å²) in [6.07, 6.45) is 3.94. The van der Waals surface area contributed by atoms with E-state index in [0.717, 1.165) is 25.7 Å². The number of anilines is 1. The number of aliphatic hydroxyl groups excluding tert-OH is 1. The first-order valence-electron chi connectivity index (χ1n) is 5.52. The lowest BCUT2D eigenvalue weighted by Gasteiger charge is -2.08. The lowest BCUT2D eigenvalue weighted by atomic mass is 10.2. The SMILES string of the molecule is Nc1ccc(OCCCCCCO)c(Cl)c1. The number of rotatable bonds is 7. The van der Waals surface area contributed by atoms with Gasteiger partial charge in [-0.25, -0.2) is 0 Å². The highest BCUT2D eigenvalue weighted by atomic mass is 35.5. The van der Waals surface area contributed by atoms with E-state index in [4.69, 9.17) is 27.2 Å². The van der Waals surface area contributed by atoms with Crippen molar-refractivity contribution in [2.45, 2.75) is 25.7 Å². The normalized spacial score (nSPS) is 10.4. The zero-order valence-electron chi connectivity index (χ0n) is 9.29. The minimum absolute atomic E-state index is 0.268. The predicted molar refractivity (Wildman–Crippen MR) is 66.9 cm³/mol. The molecule has 0 aliphatic carbocycles. The molecule has 1 aromatic rings. The average Bonchev–Trinajstić information content (AvgIpc) is 2.26. The van der Waals surface area contributed by atoms with Crippen LogP contribution in [-0.2, 0) is 0 Å². The lowest BCUT2D eigenvalue weighted by molar-refractivity contribution is 0.273. The van der Waals surface area contributed by atoms with Crippen molar-refractivity contribution in [3.05, 3.63) is 23.2 Å². The second kappa shape index (κ2) is 7.36. The van der Waals surface area contributed by atoms with Crippen molar-refractivity contribution in [3.63, 3.8) is 0 Å². The first kappa shape index (κ1) is 13.1. The molecule has 16 heavy (non-hydrogen) atoms. The summed E-state index contributed by atoms with van der Waals surface area (Å²) in [7, 11) is 0. The molecule has 0 bridgehead atoms. The molecule has 0 radical (unpaired) electrons. The number of aliphatic hydroxyl groups is 1. The van der Waals surface area contributed by atoms with Gasteiger partial charge in [0, 0.05) is 12.3 Å². The number of nitrogen functional groups attached to an aromatic ring is 1. The summed E-state index contributed by atoms with van der Waals surface area (Å²) in [5.41, 5.74) is 6.21. The maximum absolute atomic E-state index is 8.60. The van der Waals surface area contributed by atoms with Gasteiger partial charge in [0.1, 0.15) is 5.75 Å². The summed E-state index contributed by atoms with van der Waals surface area (Å²) in [6, 6.07) is 5.24. The van der Waals surface area contributed by atoms with Crippen molar-refractivity contribution >= 4 is 17.3 Å². The maximum atomic E-state index is 8.60. The molecule has 4 heteroatoms. The van der Waals surface area contributed by atoms with Crippen LogP contribution >= 0.6 is 11.6 Å². The van der Waals surface area contributed by atoms with Crippen LogP contribution in [0.1, 0.15) is 25.7 Å². The van der Waals surface area contributed by atoms with Gasteiger partial charge in [-0.2, -0.15) is 0 Å². The van der Waals surface area contributed by atoms with Crippen LogP contribution < -0.4 is 10.5 Å². The van der Waals surface area contributed by atoms with Crippen molar-refractivity contribution in [1.82, 2.24) is 0 Å². The van der Waals surface area contributed by atoms with E-state index in [0.29, 0.717) is 23.1 Å². The molecule has 0 unspecified atom stereocenters. The summed E-state index contributed by atoms with van der Waals surface area (Å²) in [6.45, 7) is 0.916. The molecular formula is C12H18ClNO2. The van der Waals surface area contributed by atoms with Gasteiger partial charge >= 0.3 is 0 Å². The Hall–Kier alpha value is -0.930. The molecule has 0 aliphatic heterocycles. The Bertz CT molecular complexity index is 318. The van der Waals surface area contributed by atoms with Gasteiger partial charge in [-0.3, -0.25) is 0 Å². The van der Waals surface area contributed by atoms with Crippen molar-refractivity contribution < 1.29 is 9.84 Å². The highest BCUT2D eigenvalue weighted by molar-refractivity contribution is 6.32. The summed E-state index contributed by atoms with van der Waals surface area (Å²) < 4.78 is 5.52. The van der Waals surface area contributed by atoms with E-state index in [1.807, 2.05) is 0 Å². The van der Waals surface area contributed by atoms with Crippen molar-refractivity contribution in [2.75, 3.05) is 18.9 Å². The van der Waals surface area contributed by atoms with E-state index in [9.17, 15) is 0 Å². The van der Waals surface area contributed by atoms with E-state index >= 15 is 0 Å². The van der Waals surface area contributed by atoms with E-state index in [-0.39, 0.29) is 6.61 Å². The highest BCUT2D eigenvalue weighted by Gasteiger charge is 2.01. The molecule has 0 aliphatic rings. The van der Waals surface area contributed by atoms with Crippen molar-refractivity contribution in [1.29, 1.82) is 0 Å². The second-order valence-corrected chi connectivity index (χ2v) is 4.08. The standard InChI is InChI=1S/C12H18ClNO2/c13-11-9-10(14)5-6-12(11)16-8-4-2-1-3-7-15/h5-6,9,15H,1-4,7-8,14H2. The fourth-order valence-electron chi connectivity index (χ4n) is 1.38. The highest BCUT2D eigenvalue weighted by Crippen LogP contribution is 2.26. The summed E-state index contributed by atoms with van der Waals surface area (Å²) in [5, 5.41) is 9.15. The average molecular weight is 244 g/mol. The number of halogens is 1. The largest absolute Gasteiger partial charge is 0.492 e. The molecule has 0 spiro atoms. The molecule has 3 N–H and O–H groups in total. The Morgan fingerprint density at radius 2 is 1.94 bits per heavy atom. The predicted octanol–water partition coefficient (Wildman–Crippen LogP) is 2.85. The number of nitrogens with two attached hydrogens (primary N) is 1. The fourth-order valence-corrected chi connectivity index (χ4v) is 1.63. The van der Waals surface area contributed by atoms with Gasteiger partial charge in [-0.15, -0.1) is 0 Å². The zero-order chi connectivity index (χ0) is 11.8. The Morgan fingerprint density at radius 1 is 1.19 bits per heavy atom. The first-order chi connectivity index (χ1) is 7.74. The number of hydrogen-bond acceptors (Lipinski definition) is 3. The van der Waals surface area contributed by atoms with E-state index in [1.54, 1.807) is 18.2 Å². The number of hydrogen-bond donors (Lipinski definition) is 2.